The molecule has 0 N–H and O–H groups in total. The summed E-state index contributed by atoms with van der Waals surface area (Å²) in [5, 5.41) is 0. The van der Waals surface area contributed by atoms with E-state index in [1.807, 2.05) is 6.92 Å². The fourth-order valence-corrected chi connectivity index (χ4v) is 4.36. The summed E-state index contributed by atoms with van der Waals surface area (Å²) >= 11 is 0. The molecule has 0 atom stereocenters. The van der Waals surface area contributed by atoms with Crippen LogP contribution in [-0.4, -0.2) is 64.8 Å². The highest BCUT2D eigenvalue weighted by Gasteiger charge is 2.28. The normalized spacial score (nSPS) is 14.8. The zero-order valence-corrected chi connectivity index (χ0v) is 17.9. The molecular formula is C21H24FNO7S. The van der Waals surface area contributed by atoms with Crippen LogP contribution in [0.15, 0.2) is 47.4 Å². The Hall–Kier alpha value is -2.69. The van der Waals surface area contributed by atoms with Gasteiger partial charge in [0.15, 0.2) is 0 Å². The van der Waals surface area contributed by atoms with Crippen LogP contribution < -0.4 is 9.47 Å². The molecule has 1 aliphatic heterocycles. The van der Waals surface area contributed by atoms with Crippen LogP contribution in [0.1, 0.15) is 17.3 Å². The Bertz CT molecular complexity index is 989. The minimum absolute atomic E-state index is 0.0487. The molecule has 168 valence electrons. The second-order valence-corrected chi connectivity index (χ2v) is 8.48. The molecule has 8 nitrogen and oxygen atoms in total. The van der Waals surface area contributed by atoms with Gasteiger partial charge in [-0.2, -0.15) is 4.31 Å². The minimum Gasteiger partial charge on any atom is -0.494 e. The third-order valence-corrected chi connectivity index (χ3v) is 6.38. The predicted octanol–water partition coefficient (Wildman–Crippen LogP) is 2.48. The Balaban J connectivity index is 1.58. The number of halogens is 1. The number of carbonyl (C=O) groups excluding carboxylic acids is 1. The van der Waals surface area contributed by atoms with Crippen molar-refractivity contribution in [3.05, 3.63) is 53.8 Å². The van der Waals surface area contributed by atoms with E-state index in [0.29, 0.717) is 18.1 Å². The molecule has 31 heavy (non-hydrogen) atoms. The third-order valence-electron chi connectivity index (χ3n) is 4.49. The van der Waals surface area contributed by atoms with Gasteiger partial charge in [0.05, 0.1) is 30.3 Å². The second kappa shape index (κ2) is 10.6. The fourth-order valence-electron chi connectivity index (χ4n) is 2.93. The summed E-state index contributed by atoms with van der Waals surface area (Å²) in [5.74, 6) is -0.557. The summed E-state index contributed by atoms with van der Waals surface area (Å²) < 4.78 is 61.9. The van der Waals surface area contributed by atoms with E-state index in [0.717, 1.165) is 18.2 Å². The van der Waals surface area contributed by atoms with Crippen molar-refractivity contribution in [1.29, 1.82) is 0 Å². The van der Waals surface area contributed by atoms with Crippen molar-refractivity contribution in [3.63, 3.8) is 0 Å². The number of morpholine rings is 1. The van der Waals surface area contributed by atoms with Gasteiger partial charge in [-0.05, 0) is 49.4 Å². The molecule has 0 spiro atoms. The summed E-state index contributed by atoms with van der Waals surface area (Å²) in [6.07, 6.45) is 0. The molecule has 0 saturated carbocycles. The van der Waals surface area contributed by atoms with Crippen molar-refractivity contribution in [2.45, 2.75) is 11.8 Å². The maximum atomic E-state index is 14.2. The molecule has 0 aromatic heterocycles. The molecule has 3 rings (SSSR count). The average Bonchev–Trinajstić information content (AvgIpc) is 2.78. The number of hydrogen-bond donors (Lipinski definition) is 0. The quantitative estimate of drug-likeness (QED) is 0.426. The molecule has 0 unspecified atom stereocenters. The van der Waals surface area contributed by atoms with Gasteiger partial charge in [-0.3, -0.25) is 0 Å². The molecule has 2 aromatic carbocycles. The van der Waals surface area contributed by atoms with Gasteiger partial charge in [0.1, 0.15) is 30.5 Å². The number of benzene rings is 2. The van der Waals surface area contributed by atoms with Gasteiger partial charge in [-0.1, -0.05) is 0 Å². The molecule has 0 aliphatic carbocycles. The average molecular weight is 453 g/mol. The molecule has 2 aromatic rings. The van der Waals surface area contributed by atoms with Crippen LogP contribution in [0.3, 0.4) is 0 Å². The zero-order chi connectivity index (χ0) is 22.3. The van der Waals surface area contributed by atoms with Crippen LogP contribution in [0.25, 0.3) is 0 Å². The smallest absolute Gasteiger partial charge is 0.341 e. The molecule has 0 bridgehead atoms. The largest absolute Gasteiger partial charge is 0.494 e. The maximum absolute atomic E-state index is 14.2. The van der Waals surface area contributed by atoms with Gasteiger partial charge in [0.2, 0.25) is 10.0 Å². The van der Waals surface area contributed by atoms with Crippen LogP contribution in [0, 0.1) is 5.82 Å². The van der Waals surface area contributed by atoms with Crippen molar-refractivity contribution >= 4 is 16.0 Å². The Labute approximate surface area is 180 Å². The van der Waals surface area contributed by atoms with E-state index in [9.17, 15) is 17.6 Å². The lowest BCUT2D eigenvalue weighted by Gasteiger charge is -2.26. The summed E-state index contributed by atoms with van der Waals surface area (Å²) in [7, 11) is -3.86. The van der Waals surface area contributed by atoms with Crippen LogP contribution >= 0.6 is 0 Å². The number of esters is 1. The number of nitrogens with zero attached hydrogens (tertiary/aromatic N) is 1. The van der Waals surface area contributed by atoms with Crippen molar-refractivity contribution in [1.82, 2.24) is 4.31 Å². The number of ether oxygens (including phenoxy) is 4. The fraction of sp³-hybridized carbons (Fsp3) is 0.381. The minimum atomic E-state index is -3.86. The Morgan fingerprint density at radius 1 is 1.03 bits per heavy atom. The van der Waals surface area contributed by atoms with E-state index in [1.54, 1.807) is 24.3 Å². The van der Waals surface area contributed by atoms with E-state index in [-0.39, 0.29) is 44.4 Å². The number of carbonyl (C=O) groups is 1. The van der Waals surface area contributed by atoms with Crippen LogP contribution in [0.2, 0.25) is 0 Å². The third kappa shape index (κ3) is 5.93. The zero-order valence-electron chi connectivity index (χ0n) is 17.1. The van der Waals surface area contributed by atoms with Gasteiger partial charge in [-0.25, -0.2) is 17.6 Å². The lowest BCUT2D eigenvalue weighted by Crippen LogP contribution is -2.40. The molecule has 1 saturated heterocycles. The molecule has 0 amide bonds. The SMILES string of the molecule is CCOc1ccc(OCCOC(=O)c2cc(S(=O)(=O)N3CCOCC3)ccc2F)cc1. The lowest BCUT2D eigenvalue weighted by atomic mass is 10.2. The predicted molar refractivity (Wildman–Crippen MR) is 109 cm³/mol. The van der Waals surface area contributed by atoms with Crippen molar-refractivity contribution in [3.8, 4) is 11.5 Å². The van der Waals surface area contributed by atoms with Crippen LogP contribution in [0.5, 0.6) is 11.5 Å². The molecule has 10 heteroatoms. The molecule has 1 aliphatic rings. The number of sulfonamides is 1. The van der Waals surface area contributed by atoms with E-state index < -0.39 is 27.4 Å². The highest BCUT2D eigenvalue weighted by molar-refractivity contribution is 7.89. The van der Waals surface area contributed by atoms with Gasteiger partial charge < -0.3 is 18.9 Å². The molecule has 1 fully saturated rings. The first-order chi connectivity index (χ1) is 14.9. The van der Waals surface area contributed by atoms with E-state index in [2.05, 4.69) is 0 Å². The Kier molecular flexibility index (Phi) is 7.83. The number of hydrogen-bond acceptors (Lipinski definition) is 7. The van der Waals surface area contributed by atoms with Crippen molar-refractivity contribution in [2.75, 3.05) is 46.1 Å². The van der Waals surface area contributed by atoms with Crippen LogP contribution in [0.4, 0.5) is 4.39 Å². The summed E-state index contributed by atoms with van der Waals surface area (Å²) in [4.78, 5) is 12.1. The monoisotopic (exact) mass is 453 g/mol. The van der Waals surface area contributed by atoms with Crippen LogP contribution in [-0.2, 0) is 19.5 Å². The van der Waals surface area contributed by atoms with Gasteiger partial charge >= 0.3 is 5.97 Å². The van der Waals surface area contributed by atoms with Crippen molar-refractivity contribution < 1.29 is 36.6 Å². The summed E-state index contributed by atoms with van der Waals surface area (Å²) in [5.41, 5.74) is -0.449. The van der Waals surface area contributed by atoms with Gasteiger partial charge in [0, 0.05) is 13.1 Å². The highest BCUT2D eigenvalue weighted by Crippen LogP contribution is 2.21. The Morgan fingerprint density at radius 2 is 1.68 bits per heavy atom. The molecule has 0 radical (unpaired) electrons. The van der Waals surface area contributed by atoms with Gasteiger partial charge in [0.25, 0.3) is 0 Å². The first-order valence-electron chi connectivity index (χ1n) is 9.82. The first-order valence-corrected chi connectivity index (χ1v) is 11.3. The summed E-state index contributed by atoms with van der Waals surface area (Å²) in [6.45, 7) is 3.31. The topological polar surface area (TPSA) is 91.4 Å². The molecule has 1 heterocycles. The standard InChI is InChI=1S/C21H24FNO7S/c1-2-28-16-3-5-17(6-4-16)29-13-14-30-21(24)19-15-18(7-8-20(19)22)31(25,26)23-9-11-27-12-10-23/h3-8,15H,2,9-14H2,1H3. The first kappa shape index (κ1) is 23.0. The second-order valence-electron chi connectivity index (χ2n) is 6.55. The lowest BCUT2D eigenvalue weighted by molar-refractivity contribution is 0.0445. The molecular weight excluding hydrogens is 429 g/mol. The van der Waals surface area contributed by atoms with Gasteiger partial charge in [-0.15, -0.1) is 0 Å². The van der Waals surface area contributed by atoms with E-state index in [1.165, 1.54) is 4.31 Å². The van der Waals surface area contributed by atoms with Crippen molar-refractivity contribution in [2.24, 2.45) is 0 Å². The maximum Gasteiger partial charge on any atom is 0.341 e. The number of rotatable bonds is 9. The van der Waals surface area contributed by atoms with E-state index in [4.69, 9.17) is 18.9 Å². The Morgan fingerprint density at radius 3 is 2.32 bits per heavy atom. The highest BCUT2D eigenvalue weighted by atomic mass is 32.2. The van der Waals surface area contributed by atoms with E-state index >= 15 is 0 Å². The summed E-state index contributed by atoms with van der Waals surface area (Å²) in [6, 6.07) is 10.0.